The number of rotatable bonds is 3. The molecule has 10 aromatic carbocycles. The van der Waals surface area contributed by atoms with Gasteiger partial charge in [-0.3, -0.25) is 0 Å². The SMILES string of the molecule is CC1(C)c2c(ccc3cc(-c4ccc(-c5c6ccccc6c(-c6ccccc6)c6ccccc56)cc4)ccc23)-c2c1c1ccccc1c1ccccc21. The van der Waals surface area contributed by atoms with E-state index in [0.717, 1.165) is 0 Å². The fourth-order valence-corrected chi connectivity index (χ4v) is 9.77. The van der Waals surface area contributed by atoms with Gasteiger partial charge in [0.1, 0.15) is 0 Å². The van der Waals surface area contributed by atoms with E-state index < -0.39 is 0 Å². The van der Waals surface area contributed by atoms with E-state index in [1.54, 1.807) is 0 Å². The van der Waals surface area contributed by atoms with E-state index in [9.17, 15) is 0 Å². The van der Waals surface area contributed by atoms with Crippen molar-refractivity contribution in [1.29, 1.82) is 0 Å². The lowest BCUT2D eigenvalue weighted by Crippen LogP contribution is -2.16. The molecule has 0 N–H and O–H groups in total. The van der Waals surface area contributed by atoms with Crippen LogP contribution >= 0.6 is 0 Å². The third-order valence-corrected chi connectivity index (χ3v) is 12.0. The normalized spacial score (nSPS) is 13.2. The Hall–Kier alpha value is -6.50. The van der Waals surface area contributed by atoms with Gasteiger partial charge in [0.05, 0.1) is 0 Å². The molecule has 0 radical (unpaired) electrons. The van der Waals surface area contributed by atoms with Crippen LogP contribution in [0, 0.1) is 0 Å². The van der Waals surface area contributed by atoms with Gasteiger partial charge in [-0.15, -0.1) is 0 Å². The summed E-state index contributed by atoms with van der Waals surface area (Å²) in [6, 6.07) is 67.6. The van der Waals surface area contributed by atoms with Gasteiger partial charge in [-0.1, -0.05) is 190 Å². The van der Waals surface area contributed by atoms with Crippen LogP contribution in [0.15, 0.2) is 182 Å². The maximum Gasteiger partial charge on any atom is 0.0171 e. The third-order valence-electron chi connectivity index (χ3n) is 12.0. The summed E-state index contributed by atoms with van der Waals surface area (Å²) in [5.41, 5.74) is 13.1. The number of hydrogen-bond donors (Lipinski definition) is 0. The van der Waals surface area contributed by atoms with Crippen molar-refractivity contribution in [2.75, 3.05) is 0 Å². The first-order chi connectivity index (χ1) is 26.1. The molecule has 11 rings (SSSR count). The van der Waals surface area contributed by atoms with E-state index in [0.29, 0.717) is 0 Å². The first kappa shape index (κ1) is 30.2. The Bertz CT molecular complexity index is 3050. The molecule has 0 heterocycles. The molecule has 0 spiro atoms. The minimum absolute atomic E-state index is 0.140. The van der Waals surface area contributed by atoms with Crippen LogP contribution < -0.4 is 0 Å². The smallest absolute Gasteiger partial charge is 0.0171 e. The van der Waals surface area contributed by atoms with Gasteiger partial charge in [0.2, 0.25) is 0 Å². The highest BCUT2D eigenvalue weighted by atomic mass is 14.4. The quantitative estimate of drug-likeness (QED) is 0.129. The van der Waals surface area contributed by atoms with Crippen molar-refractivity contribution < 1.29 is 0 Å². The van der Waals surface area contributed by atoms with Crippen molar-refractivity contribution in [3.8, 4) is 44.5 Å². The van der Waals surface area contributed by atoms with Crippen molar-refractivity contribution >= 4 is 53.9 Å². The van der Waals surface area contributed by atoms with Gasteiger partial charge < -0.3 is 0 Å². The predicted molar refractivity (Wildman–Crippen MR) is 228 cm³/mol. The summed E-state index contributed by atoms with van der Waals surface area (Å²) in [5, 5.41) is 13.1. The van der Waals surface area contributed by atoms with Crippen molar-refractivity contribution in [3.05, 3.63) is 193 Å². The molecule has 0 aliphatic heterocycles. The standard InChI is InChI=1S/C53H36/c1-53(2)51-38-30-28-36(32-37(38)29-31-47(51)50-41-18-8-6-16-39(41)40-17-7-13-23-46(40)52(50)53)33-24-26-35(27-25-33)49-44-21-11-9-19-42(44)48(34-14-4-3-5-15-34)43-20-10-12-22-45(43)49/h3-32H,1-2H3. The number of benzene rings is 10. The summed E-state index contributed by atoms with van der Waals surface area (Å²) in [6.45, 7) is 4.84. The zero-order chi connectivity index (χ0) is 35.3. The molecular formula is C53H36. The van der Waals surface area contributed by atoms with Crippen molar-refractivity contribution in [2.45, 2.75) is 19.3 Å². The summed E-state index contributed by atoms with van der Waals surface area (Å²) in [5.74, 6) is 0. The minimum Gasteiger partial charge on any atom is -0.0622 e. The molecule has 0 nitrogen and oxygen atoms in total. The predicted octanol–water partition coefficient (Wildman–Crippen LogP) is 14.8. The molecule has 0 fully saturated rings. The lowest BCUT2D eigenvalue weighted by atomic mass is 9.77. The average molecular weight is 673 g/mol. The number of fused-ring (bicyclic) bond motifs is 12. The Morgan fingerprint density at radius 3 is 1.30 bits per heavy atom. The first-order valence-electron chi connectivity index (χ1n) is 18.7. The summed E-state index contributed by atoms with van der Waals surface area (Å²) >= 11 is 0. The van der Waals surface area contributed by atoms with Gasteiger partial charge in [-0.2, -0.15) is 0 Å². The zero-order valence-corrected chi connectivity index (χ0v) is 29.8. The maximum atomic E-state index is 2.42. The Labute approximate surface area is 309 Å². The largest absolute Gasteiger partial charge is 0.0622 e. The highest BCUT2D eigenvalue weighted by molar-refractivity contribution is 6.22. The van der Waals surface area contributed by atoms with Crippen LogP contribution in [0.1, 0.15) is 25.0 Å². The van der Waals surface area contributed by atoms with E-state index in [4.69, 9.17) is 0 Å². The molecule has 1 aliphatic rings. The Morgan fingerprint density at radius 1 is 0.283 bits per heavy atom. The van der Waals surface area contributed by atoms with Gasteiger partial charge in [0.25, 0.3) is 0 Å². The Kier molecular flexibility index (Phi) is 6.40. The molecule has 0 saturated heterocycles. The molecule has 0 heteroatoms. The lowest BCUT2D eigenvalue weighted by molar-refractivity contribution is 0.672. The van der Waals surface area contributed by atoms with Gasteiger partial charge in [0.15, 0.2) is 0 Å². The second kappa shape index (κ2) is 11.2. The summed E-state index contributed by atoms with van der Waals surface area (Å²) in [4.78, 5) is 0. The van der Waals surface area contributed by atoms with Crippen molar-refractivity contribution in [3.63, 3.8) is 0 Å². The monoisotopic (exact) mass is 672 g/mol. The number of hydrogen-bond acceptors (Lipinski definition) is 0. The Balaban J connectivity index is 1.04. The Morgan fingerprint density at radius 2 is 0.717 bits per heavy atom. The summed E-state index contributed by atoms with van der Waals surface area (Å²) in [7, 11) is 0. The molecular weight excluding hydrogens is 637 g/mol. The van der Waals surface area contributed by atoms with Gasteiger partial charge >= 0.3 is 0 Å². The molecule has 0 unspecified atom stereocenters. The summed E-state index contributed by atoms with van der Waals surface area (Å²) < 4.78 is 0. The van der Waals surface area contributed by atoms with E-state index in [1.807, 2.05) is 0 Å². The molecule has 0 atom stereocenters. The molecule has 0 amide bonds. The van der Waals surface area contributed by atoms with Gasteiger partial charge in [-0.05, 0) is 116 Å². The van der Waals surface area contributed by atoms with E-state index >= 15 is 0 Å². The highest BCUT2D eigenvalue weighted by Crippen LogP contribution is 2.56. The fourth-order valence-electron chi connectivity index (χ4n) is 9.77. The fraction of sp³-hybridized carbons (Fsp3) is 0.0566. The zero-order valence-electron chi connectivity index (χ0n) is 29.8. The third kappa shape index (κ3) is 4.30. The maximum absolute atomic E-state index is 2.42. The van der Waals surface area contributed by atoms with Gasteiger partial charge in [-0.25, -0.2) is 0 Å². The lowest BCUT2D eigenvalue weighted by Gasteiger charge is -2.25. The van der Waals surface area contributed by atoms with Crippen LogP contribution in [-0.2, 0) is 5.41 Å². The van der Waals surface area contributed by atoms with E-state index in [-0.39, 0.29) is 5.41 Å². The van der Waals surface area contributed by atoms with Crippen LogP contribution in [0.3, 0.4) is 0 Å². The molecule has 53 heavy (non-hydrogen) atoms. The second-order valence-corrected chi connectivity index (χ2v) is 15.2. The van der Waals surface area contributed by atoms with Crippen LogP contribution in [0.2, 0.25) is 0 Å². The molecule has 0 bridgehead atoms. The molecule has 1 aliphatic carbocycles. The topological polar surface area (TPSA) is 0 Å². The highest BCUT2D eigenvalue weighted by Gasteiger charge is 2.39. The van der Waals surface area contributed by atoms with Crippen LogP contribution in [-0.4, -0.2) is 0 Å². The van der Waals surface area contributed by atoms with Gasteiger partial charge in [0, 0.05) is 5.41 Å². The second-order valence-electron chi connectivity index (χ2n) is 15.2. The molecule has 10 aromatic rings. The van der Waals surface area contributed by atoms with Crippen molar-refractivity contribution in [2.24, 2.45) is 0 Å². The first-order valence-corrected chi connectivity index (χ1v) is 18.7. The summed E-state index contributed by atoms with van der Waals surface area (Å²) in [6.07, 6.45) is 0. The van der Waals surface area contributed by atoms with E-state index in [1.165, 1.54) is 109 Å². The molecule has 0 aromatic heterocycles. The van der Waals surface area contributed by atoms with Crippen molar-refractivity contribution in [1.82, 2.24) is 0 Å². The molecule has 0 saturated carbocycles. The van der Waals surface area contributed by atoms with Crippen LogP contribution in [0.25, 0.3) is 98.4 Å². The van der Waals surface area contributed by atoms with Crippen LogP contribution in [0.4, 0.5) is 0 Å². The molecule has 248 valence electrons. The average Bonchev–Trinajstić information content (AvgIpc) is 3.47. The van der Waals surface area contributed by atoms with Crippen LogP contribution in [0.5, 0.6) is 0 Å². The minimum atomic E-state index is -0.140. The van der Waals surface area contributed by atoms with E-state index in [2.05, 4.69) is 196 Å².